The van der Waals surface area contributed by atoms with Gasteiger partial charge >= 0.3 is 0 Å². The highest BCUT2D eigenvalue weighted by atomic mass is 16.5. The summed E-state index contributed by atoms with van der Waals surface area (Å²) in [4.78, 5) is 16.6. The normalized spacial score (nSPS) is 10.3. The average Bonchev–Trinajstić information content (AvgIpc) is 2.63. The monoisotopic (exact) mass is 334 g/mol. The van der Waals surface area contributed by atoms with Crippen LogP contribution in [0.1, 0.15) is 21.6 Å². The number of rotatable bonds is 5. The second-order valence-corrected chi connectivity index (χ2v) is 5.61. The number of nitrogens with zero attached hydrogens (tertiary/aromatic N) is 1. The predicted molar refractivity (Wildman–Crippen MR) is 95.8 cm³/mol. The van der Waals surface area contributed by atoms with Crippen molar-refractivity contribution in [3.05, 3.63) is 83.7 Å². The molecule has 0 aliphatic carbocycles. The van der Waals surface area contributed by atoms with Gasteiger partial charge in [0.05, 0.1) is 11.3 Å². The van der Waals surface area contributed by atoms with Crippen LogP contribution >= 0.6 is 0 Å². The van der Waals surface area contributed by atoms with Crippen molar-refractivity contribution >= 4 is 11.6 Å². The second kappa shape index (κ2) is 7.49. The van der Waals surface area contributed by atoms with E-state index in [-0.39, 0.29) is 17.2 Å². The van der Waals surface area contributed by atoms with Crippen LogP contribution in [0.15, 0.2) is 66.9 Å². The zero-order chi connectivity index (χ0) is 17.6. The van der Waals surface area contributed by atoms with E-state index in [2.05, 4.69) is 10.3 Å². The highest BCUT2D eigenvalue weighted by molar-refractivity contribution is 6.06. The molecule has 0 unspecified atom stereocenters. The van der Waals surface area contributed by atoms with Crippen LogP contribution in [0.25, 0.3) is 0 Å². The van der Waals surface area contributed by atoms with E-state index in [1.54, 1.807) is 36.5 Å². The van der Waals surface area contributed by atoms with Crippen molar-refractivity contribution in [2.24, 2.45) is 0 Å². The Morgan fingerprint density at radius 2 is 2.00 bits per heavy atom. The average molecular weight is 334 g/mol. The van der Waals surface area contributed by atoms with Crippen LogP contribution in [0, 0.1) is 6.92 Å². The van der Waals surface area contributed by atoms with Crippen LogP contribution in [-0.2, 0) is 6.61 Å². The van der Waals surface area contributed by atoms with Crippen LogP contribution in [0.3, 0.4) is 0 Å². The molecule has 0 saturated carbocycles. The number of benzene rings is 2. The van der Waals surface area contributed by atoms with Crippen LogP contribution in [0.4, 0.5) is 5.69 Å². The van der Waals surface area contributed by atoms with Crippen molar-refractivity contribution in [2.75, 3.05) is 5.32 Å². The lowest BCUT2D eigenvalue weighted by molar-refractivity contribution is 0.102. The highest BCUT2D eigenvalue weighted by Gasteiger charge is 2.12. The first-order valence-corrected chi connectivity index (χ1v) is 7.85. The lowest BCUT2D eigenvalue weighted by Gasteiger charge is -2.10. The molecule has 3 aromatic rings. The van der Waals surface area contributed by atoms with Gasteiger partial charge in [-0.25, -0.2) is 0 Å². The van der Waals surface area contributed by atoms with Crippen molar-refractivity contribution in [3.63, 3.8) is 0 Å². The molecule has 25 heavy (non-hydrogen) atoms. The molecule has 1 aromatic heterocycles. The van der Waals surface area contributed by atoms with Crippen molar-refractivity contribution in [2.45, 2.75) is 13.5 Å². The smallest absolute Gasteiger partial charge is 0.259 e. The van der Waals surface area contributed by atoms with E-state index in [0.717, 1.165) is 11.3 Å². The Labute approximate surface area is 145 Å². The van der Waals surface area contributed by atoms with E-state index < -0.39 is 0 Å². The summed E-state index contributed by atoms with van der Waals surface area (Å²) in [6.45, 7) is 2.21. The minimum absolute atomic E-state index is 0.0503. The Morgan fingerprint density at radius 1 is 1.12 bits per heavy atom. The van der Waals surface area contributed by atoms with E-state index >= 15 is 0 Å². The van der Waals surface area contributed by atoms with E-state index in [9.17, 15) is 9.90 Å². The molecule has 2 N–H and O–H groups in total. The number of anilines is 1. The minimum atomic E-state index is -0.372. The number of amides is 1. The number of ether oxygens (including phenoxy) is 1. The summed E-state index contributed by atoms with van der Waals surface area (Å²) in [5.74, 6) is 0.200. The van der Waals surface area contributed by atoms with E-state index in [0.29, 0.717) is 18.0 Å². The first kappa shape index (κ1) is 16.5. The molecule has 0 saturated heterocycles. The summed E-state index contributed by atoms with van der Waals surface area (Å²) >= 11 is 0. The molecular formula is C20H18N2O3. The molecule has 5 heteroatoms. The highest BCUT2D eigenvalue weighted by Crippen LogP contribution is 2.22. The van der Waals surface area contributed by atoms with Gasteiger partial charge in [0.1, 0.15) is 18.1 Å². The molecule has 0 aliphatic heterocycles. The van der Waals surface area contributed by atoms with Crippen LogP contribution in [-0.4, -0.2) is 16.0 Å². The standard InChI is InChI=1S/C20H18N2O3/c1-14-8-9-19(23)18(11-14)20(24)22-15-6-4-7-17(12-15)25-13-16-5-2-3-10-21-16/h2-12,23H,13H2,1H3,(H,22,24). The number of phenols is 1. The number of carbonyl (C=O) groups excluding carboxylic acids is 1. The third-order valence-electron chi connectivity index (χ3n) is 3.60. The quantitative estimate of drug-likeness (QED) is 0.742. The van der Waals surface area contributed by atoms with Crippen molar-refractivity contribution in [1.82, 2.24) is 4.98 Å². The van der Waals surface area contributed by atoms with Gasteiger partial charge in [0.25, 0.3) is 5.91 Å². The van der Waals surface area contributed by atoms with Crippen LogP contribution < -0.4 is 10.1 Å². The van der Waals surface area contributed by atoms with Gasteiger partial charge in [-0.1, -0.05) is 23.8 Å². The molecule has 0 radical (unpaired) electrons. The van der Waals surface area contributed by atoms with Crippen LogP contribution in [0.2, 0.25) is 0 Å². The lowest BCUT2D eigenvalue weighted by Crippen LogP contribution is -2.12. The third-order valence-corrected chi connectivity index (χ3v) is 3.60. The zero-order valence-electron chi connectivity index (χ0n) is 13.8. The minimum Gasteiger partial charge on any atom is -0.507 e. The number of aryl methyl sites for hydroxylation is 1. The SMILES string of the molecule is Cc1ccc(O)c(C(=O)Nc2cccc(OCc3ccccn3)c2)c1. The fraction of sp³-hybridized carbons (Fsp3) is 0.100. The van der Waals surface area contributed by atoms with Crippen molar-refractivity contribution in [1.29, 1.82) is 0 Å². The Bertz CT molecular complexity index is 879. The first-order chi connectivity index (χ1) is 12.1. The predicted octanol–water partition coefficient (Wildman–Crippen LogP) is 3.93. The number of pyridine rings is 1. The van der Waals surface area contributed by atoms with Gasteiger partial charge < -0.3 is 15.2 Å². The fourth-order valence-corrected chi connectivity index (χ4v) is 2.33. The fourth-order valence-electron chi connectivity index (χ4n) is 2.33. The van der Waals surface area contributed by atoms with E-state index in [1.807, 2.05) is 31.2 Å². The van der Waals surface area contributed by atoms with Crippen molar-refractivity contribution < 1.29 is 14.6 Å². The first-order valence-electron chi connectivity index (χ1n) is 7.85. The van der Waals surface area contributed by atoms with Gasteiger partial charge in [0, 0.05) is 18.0 Å². The summed E-state index contributed by atoms with van der Waals surface area (Å²) < 4.78 is 5.70. The molecular weight excluding hydrogens is 316 g/mol. The summed E-state index contributed by atoms with van der Waals surface area (Å²) in [6, 6.07) is 17.6. The number of carbonyl (C=O) groups is 1. The molecule has 2 aromatic carbocycles. The number of hydrogen-bond acceptors (Lipinski definition) is 4. The van der Waals surface area contributed by atoms with E-state index in [4.69, 9.17) is 4.74 Å². The van der Waals surface area contributed by atoms with E-state index in [1.165, 1.54) is 6.07 Å². The summed E-state index contributed by atoms with van der Waals surface area (Å²) in [5, 5.41) is 12.6. The molecule has 1 heterocycles. The second-order valence-electron chi connectivity index (χ2n) is 5.61. The summed E-state index contributed by atoms with van der Waals surface area (Å²) in [6.07, 6.45) is 1.71. The molecule has 0 atom stereocenters. The zero-order valence-corrected chi connectivity index (χ0v) is 13.8. The van der Waals surface area contributed by atoms with Gasteiger partial charge in [-0.15, -0.1) is 0 Å². The van der Waals surface area contributed by atoms with Gasteiger partial charge in [0.15, 0.2) is 0 Å². The Hall–Kier alpha value is -3.34. The lowest BCUT2D eigenvalue weighted by atomic mass is 10.1. The number of aromatic hydroxyl groups is 1. The van der Waals surface area contributed by atoms with Gasteiger partial charge in [-0.3, -0.25) is 9.78 Å². The molecule has 126 valence electrons. The maximum atomic E-state index is 12.4. The summed E-state index contributed by atoms with van der Waals surface area (Å²) in [5.41, 5.74) is 2.54. The Kier molecular flexibility index (Phi) is 4.95. The maximum Gasteiger partial charge on any atom is 0.259 e. The molecule has 3 rings (SSSR count). The van der Waals surface area contributed by atoms with Gasteiger partial charge in [0.2, 0.25) is 0 Å². The third kappa shape index (κ3) is 4.35. The number of hydrogen-bond donors (Lipinski definition) is 2. The van der Waals surface area contributed by atoms with Crippen LogP contribution in [0.5, 0.6) is 11.5 Å². The Balaban J connectivity index is 1.69. The molecule has 5 nitrogen and oxygen atoms in total. The number of phenolic OH excluding ortho intramolecular Hbond substituents is 1. The number of nitrogens with one attached hydrogen (secondary N) is 1. The molecule has 0 aliphatic rings. The molecule has 0 bridgehead atoms. The Morgan fingerprint density at radius 3 is 2.80 bits per heavy atom. The molecule has 0 spiro atoms. The molecule has 1 amide bonds. The van der Waals surface area contributed by atoms with Crippen molar-refractivity contribution in [3.8, 4) is 11.5 Å². The van der Waals surface area contributed by atoms with Gasteiger partial charge in [-0.2, -0.15) is 0 Å². The van der Waals surface area contributed by atoms with Gasteiger partial charge in [-0.05, 0) is 43.3 Å². The largest absolute Gasteiger partial charge is 0.507 e. The maximum absolute atomic E-state index is 12.4. The molecule has 0 fully saturated rings. The number of aromatic nitrogens is 1. The summed E-state index contributed by atoms with van der Waals surface area (Å²) in [7, 11) is 0. The topological polar surface area (TPSA) is 71.5 Å².